The van der Waals surface area contributed by atoms with Crippen molar-refractivity contribution < 1.29 is 9.21 Å². The number of para-hydroxylation sites is 2. The first-order chi connectivity index (χ1) is 20.3. The summed E-state index contributed by atoms with van der Waals surface area (Å²) in [6.07, 6.45) is 13.4. The third kappa shape index (κ3) is 5.41. The topological polar surface area (TPSA) is 104 Å². The van der Waals surface area contributed by atoms with Gasteiger partial charge >= 0.3 is 11.4 Å². The molecule has 0 unspecified atom stereocenters. The molecular weight excluding hydrogens is 554 g/mol. The third-order valence-electron chi connectivity index (χ3n) is 8.48. The molecule has 1 N–H and O–H groups in total. The van der Waals surface area contributed by atoms with Crippen LogP contribution in [0, 0.1) is 12.8 Å². The molecule has 1 amide bonds. The van der Waals surface area contributed by atoms with E-state index in [2.05, 4.69) is 16.4 Å². The molecule has 0 aliphatic heterocycles. The Hall–Kier alpha value is -4.11. The molecule has 0 bridgehead atoms. The lowest BCUT2D eigenvalue weighted by Gasteiger charge is -2.29. The molecular formula is C32H34ClN5O4. The van der Waals surface area contributed by atoms with Gasteiger partial charge in [0, 0.05) is 31.9 Å². The summed E-state index contributed by atoms with van der Waals surface area (Å²) in [6.45, 7) is 2.40. The van der Waals surface area contributed by atoms with Crippen LogP contribution in [0.1, 0.15) is 61.0 Å². The van der Waals surface area contributed by atoms with Crippen molar-refractivity contribution in [3.05, 3.63) is 90.7 Å². The fourth-order valence-electron chi connectivity index (χ4n) is 6.16. The number of amides is 1. The fraction of sp³-hybridized carbons (Fsp3) is 0.375. The number of aromatic nitrogens is 4. The number of fused-ring (bicyclic) bond motifs is 2. The van der Waals surface area contributed by atoms with Crippen LogP contribution in [-0.2, 0) is 13.6 Å². The molecule has 0 radical (unpaired) electrons. The smallest absolute Gasteiger partial charge is 0.408 e. The molecule has 3 aromatic heterocycles. The average molecular weight is 588 g/mol. The summed E-state index contributed by atoms with van der Waals surface area (Å²) in [7, 11) is 1.70. The maximum atomic E-state index is 14.0. The van der Waals surface area contributed by atoms with Gasteiger partial charge in [-0.15, -0.1) is 0 Å². The van der Waals surface area contributed by atoms with Crippen molar-refractivity contribution in [2.45, 2.75) is 64.5 Å². The summed E-state index contributed by atoms with van der Waals surface area (Å²) in [5.41, 5.74) is 3.90. The Kier molecular flexibility index (Phi) is 7.77. The highest BCUT2D eigenvalue weighted by Crippen LogP contribution is 2.28. The van der Waals surface area contributed by atoms with Gasteiger partial charge in [0.25, 0.3) is 5.91 Å². The van der Waals surface area contributed by atoms with Gasteiger partial charge in [0.2, 0.25) is 0 Å². The number of imidazole rings is 1. The Morgan fingerprint density at radius 1 is 1.10 bits per heavy atom. The second-order valence-electron chi connectivity index (χ2n) is 11.3. The van der Waals surface area contributed by atoms with Gasteiger partial charge in [-0.3, -0.25) is 23.5 Å². The van der Waals surface area contributed by atoms with Gasteiger partial charge in [-0.1, -0.05) is 35.9 Å². The van der Waals surface area contributed by atoms with Gasteiger partial charge in [-0.25, -0.2) is 9.59 Å². The molecule has 9 nitrogen and oxygen atoms in total. The molecule has 218 valence electrons. The van der Waals surface area contributed by atoms with Crippen molar-refractivity contribution in [1.82, 2.24) is 24.0 Å². The summed E-state index contributed by atoms with van der Waals surface area (Å²) < 4.78 is 10.7. The van der Waals surface area contributed by atoms with Crippen LogP contribution in [0.2, 0.25) is 5.02 Å². The van der Waals surface area contributed by atoms with E-state index in [-0.39, 0.29) is 17.6 Å². The fourth-order valence-corrected chi connectivity index (χ4v) is 6.32. The monoisotopic (exact) mass is 587 g/mol. The molecule has 0 spiro atoms. The second kappa shape index (κ2) is 11.6. The number of oxazole rings is 1. The normalized spacial score (nSPS) is 19.9. The van der Waals surface area contributed by atoms with E-state index in [1.807, 2.05) is 41.0 Å². The van der Waals surface area contributed by atoms with E-state index in [0.717, 1.165) is 61.3 Å². The quantitative estimate of drug-likeness (QED) is 0.383. The second-order valence-corrected chi connectivity index (χ2v) is 11.7. The number of hydrogen-bond donors (Lipinski definition) is 1. The van der Waals surface area contributed by atoms with Crippen molar-refractivity contribution in [2.24, 2.45) is 13.0 Å². The molecule has 1 aromatic carbocycles. The number of halogens is 1. The Labute approximate surface area is 247 Å². The van der Waals surface area contributed by atoms with Crippen molar-refractivity contribution in [3.63, 3.8) is 0 Å². The maximum Gasteiger partial charge on any atom is 0.419 e. The van der Waals surface area contributed by atoms with Crippen molar-refractivity contribution in [2.75, 3.05) is 0 Å². The van der Waals surface area contributed by atoms with E-state index in [9.17, 15) is 14.4 Å². The highest BCUT2D eigenvalue weighted by molar-refractivity contribution is 6.30. The highest BCUT2D eigenvalue weighted by atomic mass is 35.5. The van der Waals surface area contributed by atoms with Crippen LogP contribution >= 0.6 is 11.6 Å². The summed E-state index contributed by atoms with van der Waals surface area (Å²) in [4.78, 5) is 43.4. The molecule has 0 saturated heterocycles. The van der Waals surface area contributed by atoms with E-state index >= 15 is 0 Å². The van der Waals surface area contributed by atoms with Crippen LogP contribution < -0.4 is 27.5 Å². The van der Waals surface area contributed by atoms with Gasteiger partial charge in [0.1, 0.15) is 0 Å². The summed E-state index contributed by atoms with van der Waals surface area (Å²) in [5.74, 6) is -0.273. The molecule has 42 heavy (non-hydrogen) atoms. The minimum absolute atomic E-state index is 0.0651. The van der Waals surface area contributed by atoms with Crippen LogP contribution in [-0.4, -0.2) is 30.6 Å². The first kappa shape index (κ1) is 28.0. The SMILES string of the molecule is Cc1ncc(Cl)cc1C(=O)NC1CCC(Cn2c(=O)n(C3=CCCC/C=c4/c(oc(=O)n4C)=C3)c3ccccc32)CC1. The summed E-state index contributed by atoms with van der Waals surface area (Å²) in [5, 5.41) is 4.32. The molecule has 4 aromatic rings. The summed E-state index contributed by atoms with van der Waals surface area (Å²) in [6, 6.07) is 9.55. The van der Waals surface area contributed by atoms with Gasteiger partial charge in [0.05, 0.1) is 38.4 Å². The predicted octanol–water partition coefficient (Wildman–Crippen LogP) is 3.73. The Morgan fingerprint density at radius 2 is 1.83 bits per heavy atom. The van der Waals surface area contributed by atoms with Crippen molar-refractivity contribution in [1.29, 1.82) is 0 Å². The van der Waals surface area contributed by atoms with Gasteiger partial charge in [0.15, 0.2) is 5.42 Å². The molecule has 1 saturated carbocycles. The number of pyridine rings is 1. The lowest BCUT2D eigenvalue weighted by molar-refractivity contribution is 0.0919. The van der Waals surface area contributed by atoms with Crippen molar-refractivity contribution >= 4 is 46.4 Å². The number of benzene rings is 1. The largest absolute Gasteiger partial charge is 0.419 e. The van der Waals surface area contributed by atoms with E-state index < -0.39 is 5.76 Å². The van der Waals surface area contributed by atoms with Gasteiger partial charge in [-0.05, 0) is 76.0 Å². The number of nitrogens with zero attached hydrogens (tertiary/aromatic N) is 4. The number of hydrogen-bond acceptors (Lipinski definition) is 5. The van der Waals surface area contributed by atoms with E-state index in [0.29, 0.717) is 39.9 Å². The molecule has 2 aliphatic rings. The minimum Gasteiger partial charge on any atom is -0.408 e. The van der Waals surface area contributed by atoms with E-state index in [1.54, 1.807) is 30.8 Å². The zero-order valence-electron chi connectivity index (χ0n) is 23.8. The number of nitrogens with one attached hydrogen (secondary N) is 1. The Bertz CT molecular complexity index is 1940. The Balaban J connectivity index is 1.25. The van der Waals surface area contributed by atoms with Crippen LogP contribution in [0.4, 0.5) is 0 Å². The van der Waals surface area contributed by atoms with Crippen LogP contribution in [0.25, 0.3) is 28.9 Å². The number of allylic oxidation sites excluding steroid dienone is 2. The average Bonchev–Trinajstić information content (AvgIpc) is 3.44. The molecule has 3 heterocycles. The summed E-state index contributed by atoms with van der Waals surface area (Å²) >= 11 is 6.06. The first-order valence-electron chi connectivity index (χ1n) is 14.5. The standard InChI is InChI=1S/C32H34ClN5O4/c1-20-25(16-22(33)18-34-20)30(39)35-23-14-12-21(13-15-23)19-37-26-9-6-7-10-27(26)38(31(37)40)24-8-4-3-5-11-28-29(17-24)42-32(41)36(28)2/h6-11,16-18,21,23H,3-5,12-15,19H2,1-2H3,(H,35,39)/b24-8?,28-11-,29-17?. The Morgan fingerprint density at radius 3 is 2.62 bits per heavy atom. The number of carbonyl (C=O) groups excluding carboxylic acids is 1. The molecule has 2 aliphatic carbocycles. The number of carbonyl (C=O) groups is 1. The lowest BCUT2D eigenvalue weighted by atomic mass is 9.85. The zero-order valence-corrected chi connectivity index (χ0v) is 24.6. The lowest BCUT2D eigenvalue weighted by Crippen LogP contribution is -2.39. The van der Waals surface area contributed by atoms with E-state index in [4.69, 9.17) is 16.0 Å². The molecule has 6 rings (SSSR count). The van der Waals surface area contributed by atoms with E-state index in [1.165, 1.54) is 4.57 Å². The van der Waals surface area contributed by atoms with Crippen LogP contribution in [0.3, 0.4) is 0 Å². The molecule has 1 fully saturated rings. The minimum atomic E-state index is -0.423. The van der Waals surface area contributed by atoms with Gasteiger partial charge in [-0.2, -0.15) is 0 Å². The first-order valence-corrected chi connectivity index (χ1v) is 14.9. The third-order valence-corrected chi connectivity index (χ3v) is 8.68. The number of rotatable bonds is 5. The van der Waals surface area contributed by atoms with Crippen LogP contribution in [0.5, 0.6) is 0 Å². The van der Waals surface area contributed by atoms with Crippen LogP contribution in [0.15, 0.2) is 56.6 Å². The highest BCUT2D eigenvalue weighted by Gasteiger charge is 2.26. The number of aryl methyl sites for hydroxylation is 1. The molecule has 10 heteroatoms. The predicted molar refractivity (Wildman–Crippen MR) is 164 cm³/mol. The van der Waals surface area contributed by atoms with Gasteiger partial charge < -0.3 is 9.73 Å². The molecule has 0 atom stereocenters. The zero-order chi connectivity index (χ0) is 29.4. The van der Waals surface area contributed by atoms with Crippen molar-refractivity contribution in [3.8, 4) is 0 Å². The maximum absolute atomic E-state index is 14.0.